The fraction of sp³-hybridized carbons (Fsp3) is 0.222. The van der Waals surface area contributed by atoms with Crippen molar-refractivity contribution in [2.75, 3.05) is 0 Å². The van der Waals surface area contributed by atoms with E-state index in [1.54, 1.807) is 0 Å². The Morgan fingerprint density at radius 2 is 1.50 bits per heavy atom. The zero-order valence-corrected chi connectivity index (χ0v) is 10.5. The number of hydrogen-bond donors (Lipinski definition) is 0. The van der Waals surface area contributed by atoms with Crippen molar-refractivity contribution in [3.63, 3.8) is 0 Å². The molecule has 1 fully saturated rings. The molecule has 0 heterocycles. The van der Waals surface area contributed by atoms with Crippen molar-refractivity contribution >= 4 is 0 Å². The summed E-state index contributed by atoms with van der Waals surface area (Å²) in [5.74, 6) is 0.575. The highest BCUT2D eigenvalue weighted by molar-refractivity contribution is 5.34. The molecule has 0 spiro atoms. The SMILES string of the molecule is [C+](=C1CCCC1c1ccccc1)c1ccccc1. The molecular weight excluding hydrogens is 216 g/mol. The number of allylic oxidation sites excluding steroid dienone is 1. The molecular formula is C18H17+. The van der Waals surface area contributed by atoms with Crippen LogP contribution in [0.25, 0.3) is 0 Å². The van der Waals surface area contributed by atoms with Gasteiger partial charge in [-0.05, 0) is 43.0 Å². The van der Waals surface area contributed by atoms with Gasteiger partial charge in [0.2, 0.25) is 0 Å². The van der Waals surface area contributed by atoms with Crippen LogP contribution in [0, 0.1) is 6.08 Å². The summed E-state index contributed by atoms with van der Waals surface area (Å²) < 4.78 is 0. The van der Waals surface area contributed by atoms with Crippen molar-refractivity contribution in [3.05, 3.63) is 83.4 Å². The predicted molar refractivity (Wildman–Crippen MR) is 75.3 cm³/mol. The molecule has 0 saturated heterocycles. The van der Waals surface area contributed by atoms with E-state index < -0.39 is 0 Å². The summed E-state index contributed by atoms with van der Waals surface area (Å²) in [7, 11) is 0. The first-order chi connectivity index (χ1) is 8.93. The van der Waals surface area contributed by atoms with E-state index in [-0.39, 0.29) is 0 Å². The highest BCUT2D eigenvalue weighted by Crippen LogP contribution is 2.39. The topological polar surface area (TPSA) is 0 Å². The largest absolute Gasteiger partial charge is 0.188 e. The minimum atomic E-state index is 0.575. The van der Waals surface area contributed by atoms with Gasteiger partial charge in [-0.1, -0.05) is 30.3 Å². The Labute approximate surface area is 109 Å². The fourth-order valence-corrected chi connectivity index (χ4v) is 2.75. The minimum absolute atomic E-state index is 0.575. The Morgan fingerprint density at radius 3 is 2.22 bits per heavy atom. The van der Waals surface area contributed by atoms with E-state index in [1.807, 2.05) is 0 Å². The molecule has 1 aliphatic rings. The second-order valence-electron chi connectivity index (χ2n) is 4.87. The highest BCUT2D eigenvalue weighted by atomic mass is 14.3. The van der Waals surface area contributed by atoms with Gasteiger partial charge in [0.25, 0.3) is 0 Å². The molecule has 0 bridgehead atoms. The third-order valence-corrected chi connectivity index (χ3v) is 3.64. The zero-order valence-electron chi connectivity index (χ0n) is 10.5. The van der Waals surface area contributed by atoms with Crippen molar-refractivity contribution in [1.82, 2.24) is 0 Å². The zero-order chi connectivity index (χ0) is 12.2. The van der Waals surface area contributed by atoms with Crippen molar-refractivity contribution in [2.45, 2.75) is 25.2 Å². The molecule has 1 aliphatic carbocycles. The summed E-state index contributed by atoms with van der Waals surface area (Å²) in [5, 5.41) is 0. The van der Waals surface area contributed by atoms with Gasteiger partial charge in [0, 0.05) is 17.6 Å². The fourth-order valence-electron chi connectivity index (χ4n) is 2.75. The molecule has 2 aromatic carbocycles. The number of rotatable bonds is 2. The lowest BCUT2D eigenvalue weighted by Gasteiger charge is -2.09. The second-order valence-corrected chi connectivity index (χ2v) is 4.87. The normalized spacial score (nSPS) is 20.9. The predicted octanol–water partition coefficient (Wildman–Crippen LogP) is 4.73. The van der Waals surface area contributed by atoms with Gasteiger partial charge in [0.15, 0.2) is 5.56 Å². The molecule has 1 unspecified atom stereocenters. The Bertz CT molecular complexity index is 522. The molecule has 0 amide bonds. The lowest BCUT2D eigenvalue weighted by atomic mass is 9.92. The van der Waals surface area contributed by atoms with E-state index in [9.17, 15) is 0 Å². The summed E-state index contributed by atoms with van der Waals surface area (Å²) in [4.78, 5) is 0. The van der Waals surface area contributed by atoms with Gasteiger partial charge in [-0.15, -0.1) is 0 Å². The standard InChI is InChI=1S/C18H17/c1-3-8-15(9-4-1)14-17-12-7-13-18(17)16-10-5-2-6-11-16/h1-6,8-11,18H,7,12-13H2/q+1. The molecule has 0 radical (unpaired) electrons. The third kappa shape index (κ3) is 2.34. The van der Waals surface area contributed by atoms with Crippen molar-refractivity contribution < 1.29 is 0 Å². The molecule has 88 valence electrons. The van der Waals surface area contributed by atoms with Crippen molar-refractivity contribution in [1.29, 1.82) is 0 Å². The van der Waals surface area contributed by atoms with Crippen LogP contribution in [0.5, 0.6) is 0 Å². The molecule has 1 atom stereocenters. The maximum atomic E-state index is 3.61. The van der Waals surface area contributed by atoms with E-state index >= 15 is 0 Å². The molecule has 1 saturated carbocycles. The van der Waals surface area contributed by atoms with Gasteiger partial charge < -0.3 is 0 Å². The van der Waals surface area contributed by atoms with E-state index in [2.05, 4.69) is 66.7 Å². The summed E-state index contributed by atoms with van der Waals surface area (Å²) in [5.41, 5.74) is 4.11. The minimum Gasteiger partial charge on any atom is -0.0622 e. The molecule has 0 aromatic heterocycles. The van der Waals surface area contributed by atoms with Crippen LogP contribution < -0.4 is 0 Å². The van der Waals surface area contributed by atoms with E-state index in [1.165, 1.54) is 36.0 Å². The lowest BCUT2D eigenvalue weighted by Crippen LogP contribution is -1.95. The lowest BCUT2D eigenvalue weighted by molar-refractivity contribution is 0.791. The molecule has 0 heteroatoms. The summed E-state index contributed by atoms with van der Waals surface area (Å²) in [6.45, 7) is 0. The summed E-state index contributed by atoms with van der Waals surface area (Å²) in [6.07, 6.45) is 7.34. The molecule has 0 N–H and O–H groups in total. The average molecular weight is 233 g/mol. The quantitative estimate of drug-likeness (QED) is 0.658. The van der Waals surface area contributed by atoms with E-state index in [0.717, 1.165) is 0 Å². The van der Waals surface area contributed by atoms with Crippen LogP contribution in [-0.2, 0) is 0 Å². The van der Waals surface area contributed by atoms with Gasteiger partial charge in [-0.3, -0.25) is 0 Å². The highest BCUT2D eigenvalue weighted by Gasteiger charge is 2.25. The Morgan fingerprint density at radius 1 is 0.833 bits per heavy atom. The van der Waals surface area contributed by atoms with Gasteiger partial charge in [-0.25, -0.2) is 0 Å². The van der Waals surface area contributed by atoms with Crippen LogP contribution in [0.1, 0.15) is 36.3 Å². The molecule has 0 nitrogen and oxygen atoms in total. The van der Waals surface area contributed by atoms with Crippen LogP contribution >= 0.6 is 0 Å². The molecule has 3 rings (SSSR count). The Balaban J connectivity index is 1.90. The van der Waals surface area contributed by atoms with Crippen LogP contribution in [0.3, 0.4) is 0 Å². The monoisotopic (exact) mass is 233 g/mol. The number of hydrogen-bond acceptors (Lipinski definition) is 0. The van der Waals surface area contributed by atoms with Gasteiger partial charge in [0.1, 0.15) is 0 Å². The van der Waals surface area contributed by atoms with Gasteiger partial charge in [-0.2, -0.15) is 0 Å². The van der Waals surface area contributed by atoms with Crippen LogP contribution in [0.2, 0.25) is 0 Å². The Hall–Kier alpha value is -1.91. The molecule has 18 heavy (non-hydrogen) atoms. The molecule has 2 aromatic rings. The summed E-state index contributed by atoms with van der Waals surface area (Å²) in [6, 6.07) is 21.3. The maximum Gasteiger partial charge on any atom is 0.188 e. The van der Waals surface area contributed by atoms with Crippen LogP contribution in [0.4, 0.5) is 0 Å². The van der Waals surface area contributed by atoms with E-state index in [4.69, 9.17) is 0 Å². The van der Waals surface area contributed by atoms with Crippen molar-refractivity contribution in [3.8, 4) is 0 Å². The van der Waals surface area contributed by atoms with Gasteiger partial charge in [0.05, 0.1) is 12.1 Å². The summed E-state index contributed by atoms with van der Waals surface area (Å²) >= 11 is 0. The maximum absolute atomic E-state index is 3.61. The van der Waals surface area contributed by atoms with Crippen molar-refractivity contribution in [2.24, 2.45) is 0 Å². The average Bonchev–Trinajstić information content (AvgIpc) is 2.89. The second kappa shape index (κ2) is 5.16. The number of benzene rings is 2. The third-order valence-electron chi connectivity index (χ3n) is 3.64. The Kier molecular flexibility index (Phi) is 3.21. The van der Waals surface area contributed by atoms with Crippen LogP contribution in [-0.4, -0.2) is 0 Å². The first-order valence-electron chi connectivity index (χ1n) is 6.66. The van der Waals surface area contributed by atoms with E-state index in [0.29, 0.717) is 5.92 Å². The smallest absolute Gasteiger partial charge is 0.0622 e. The van der Waals surface area contributed by atoms with Crippen LogP contribution in [0.15, 0.2) is 66.2 Å². The van der Waals surface area contributed by atoms with Gasteiger partial charge >= 0.3 is 0 Å². The first-order valence-corrected chi connectivity index (χ1v) is 6.66. The molecule has 0 aliphatic heterocycles. The first kappa shape index (κ1) is 11.2.